The summed E-state index contributed by atoms with van der Waals surface area (Å²) in [5, 5.41) is 47.5. The number of carbonyl (C=O) groups is 5. The number of aromatic nitrogens is 20. The van der Waals surface area contributed by atoms with Gasteiger partial charge >= 0.3 is 24.0 Å². The third-order valence-electron chi connectivity index (χ3n) is 17.6. The number of aliphatic hydroxyl groups excluding tert-OH is 1. The molecule has 0 spiro atoms. The number of thioether (sulfide) groups is 1. The molecule has 12 aromatic rings. The minimum atomic E-state index is -3.35. The number of aliphatic hydroxyl groups is 1. The standard InChI is InChI=1S/C23H29N7O3.C19H21N7O3.C9H10ClN5.C9H12FNO2.C6H7ClN2O2S.C6H7ClN2S.C5H7N3O/c1-14-12-24-21(26-18-7-9-25-28(18)6)27-19(14)16-11-17-8-10-29(22(32)30(17)13-16)15(2)20(31)33-23(3,4)5;1-11-9-20-18(22-15-4-6-21-24(15)3)23-16(11)13-8-14-5-7-25(12(2)17(27)28)19(29)26(14)10-13;1-6-5-11-9(14-8(6)10)13-7-3-4-12-15(7)2;1-13-8-3-6(9(11)5-12)2-7(10)4-8;1-4-3-8-6(9-5(4)7)12(2,10)11;1-4-3-8-6(10-2)9-5(4)7;1-8-5(6-4-9)2-3-7-8/h7,9,11-13,15H,8,10H2,1-6H3,(H,24,26,27);4,6,8-10,12H,5,7H2,1-3H3,(H,27,28)(H,20,22,23);3-5H,1-2H3,(H,11,13,14);2-4,9,12H,5,11H2,1H3;3H,1-2H3;3H,1-2H3;2-4H,1H3,(H,6,9)/t15-;12-;;9-;;;/m11.1.../s1. The van der Waals surface area contributed by atoms with Crippen LogP contribution in [-0.2, 0) is 70.0 Å². The number of methoxy groups -OCH3 is 1. The maximum absolute atomic E-state index is 13.2. The molecule has 0 radical (unpaired) electrons. The van der Waals surface area contributed by atoms with E-state index in [1.54, 1.807) is 123 Å². The van der Waals surface area contributed by atoms with Crippen molar-refractivity contribution in [3.8, 4) is 28.3 Å². The summed E-state index contributed by atoms with van der Waals surface area (Å²) in [6.07, 6.45) is 23.2. The molecule has 642 valence electrons. The van der Waals surface area contributed by atoms with Crippen LogP contribution in [0.4, 0.5) is 55.1 Å². The number of ether oxygens (including phenoxy) is 2. The zero-order valence-corrected chi connectivity index (χ0v) is 73.1. The minimum absolute atomic E-state index is 0.172. The zero-order chi connectivity index (χ0) is 88.9. The number of hydrogen-bond donors (Lipinski definition) is 7. The molecule has 0 aliphatic carbocycles. The quantitative estimate of drug-likeness (QED) is 0.0130. The Labute approximate surface area is 715 Å². The summed E-state index contributed by atoms with van der Waals surface area (Å²) >= 11 is 18.7. The Balaban J connectivity index is 0.000000186. The van der Waals surface area contributed by atoms with Gasteiger partial charge in [0.25, 0.3) is 0 Å². The molecular weight excluding hydrogens is 1670 g/mol. The van der Waals surface area contributed by atoms with Crippen LogP contribution >= 0.6 is 46.6 Å². The molecule has 11 aromatic heterocycles. The van der Waals surface area contributed by atoms with Crippen LogP contribution in [-0.4, -0.2) is 214 Å². The highest BCUT2D eigenvalue weighted by Gasteiger charge is 2.35. The second kappa shape index (κ2) is 42.5. The molecule has 121 heavy (non-hydrogen) atoms. The number of rotatable bonds is 19. The number of aliphatic carboxylic acids is 1. The van der Waals surface area contributed by atoms with E-state index in [-0.39, 0.29) is 29.0 Å². The number of benzene rings is 1. The minimum Gasteiger partial charge on any atom is -0.497 e. The smallest absolute Gasteiger partial charge is 0.329 e. The molecule has 1 aromatic carbocycles. The highest BCUT2D eigenvalue weighted by Crippen LogP contribution is 2.32. The van der Waals surface area contributed by atoms with Crippen LogP contribution in [0.15, 0.2) is 133 Å². The summed E-state index contributed by atoms with van der Waals surface area (Å²) in [6.45, 7) is 18.5. The Hall–Kier alpha value is -12.4. The lowest BCUT2D eigenvalue weighted by Gasteiger charge is -2.33. The van der Waals surface area contributed by atoms with E-state index < -0.39 is 51.3 Å². The van der Waals surface area contributed by atoms with E-state index in [4.69, 9.17) is 55.1 Å². The lowest BCUT2D eigenvalue weighted by atomic mass is 10.1. The fourth-order valence-corrected chi connectivity index (χ4v) is 12.2. The summed E-state index contributed by atoms with van der Waals surface area (Å²) in [4.78, 5) is 104. The van der Waals surface area contributed by atoms with E-state index in [1.807, 2.05) is 106 Å². The lowest BCUT2D eigenvalue weighted by Crippen LogP contribution is -2.50. The summed E-state index contributed by atoms with van der Waals surface area (Å²) < 4.78 is 54.8. The number of nitrogens with one attached hydrogen (secondary N) is 4. The third kappa shape index (κ3) is 26.0. The third-order valence-corrected chi connectivity index (χ3v) is 20.2. The van der Waals surface area contributed by atoms with Gasteiger partial charge in [0.1, 0.15) is 68.0 Å². The Morgan fingerprint density at radius 1 is 0.620 bits per heavy atom. The molecule has 0 fully saturated rings. The van der Waals surface area contributed by atoms with E-state index in [0.29, 0.717) is 88.9 Å². The second-order valence-electron chi connectivity index (χ2n) is 27.9. The van der Waals surface area contributed by atoms with Crippen LogP contribution in [0.5, 0.6) is 5.75 Å². The molecule has 3 amide bonds. The first-order chi connectivity index (χ1) is 57.2. The van der Waals surface area contributed by atoms with Gasteiger partial charge in [-0.25, -0.2) is 81.8 Å². The van der Waals surface area contributed by atoms with E-state index in [2.05, 4.69) is 91.5 Å². The predicted octanol–water partition coefficient (Wildman–Crippen LogP) is 11.0. The summed E-state index contributed by atoms with van der Waals surface area (Å²) in [7, 11) is 5.33. The molecule has 0 saturated heterocycles. The first-order valence-corrected chi connectivity index (χ1v) is 41.0. The second-order valence-corrected chi connectivity index (χ2v) is 31.7. The van der Waals surface area contributed by atoms with E-state index in [9.17, 15) is 41.9 Å². The summed E-state index contributed by atoms with van der Waals surface area (Å²) in [5.41, 5.74) is 14.4. The molecule has 2 aliphatic rings. The molecule has 8 N–H and O–H groups in total. The average Bonchev–Trinajstić information content (AvgIpc) is 1.64. The first kappa shape index (κ1) is 94.1. The van der Waals surface area contributed by atoms with E-state index >= 15 is 0 Å². The van der Waals surface area contributed by atoms with Crippen molar-refractivity contribution < 1.29 is 56.5 Å². The van der Waals surface area contributed by atoms with Crippen LogP contribution in [0.25, 0.3) is 22.5 Å². The number of amides is 3. The van der Waals surface area contributed by atoms with Crippen molar-refractivity contribution in [1.29, 1.82) is 0 Å². The fourth-order valence-electron chi connectivity index (χ4n) is 10.9. The van der Waals surface area contributed by atoms with Crippen LogP contribution in [0.3, 0.4) is 0 Å². The summed E-state index contributed by atoms with van der Waals surface area (Å²) in [5.74, 6) is 2.91. The summed E-state index contributed by atoms with van der Waals surface area (Å²) in [6, 6.07) is 12.5. The molecule has 0 saturated carbocycles. The van der Waals surface area contributed by atoms with E-state index in [0.717, 1.165) is 79.3 Å². The first-order valence-electron chi connectivity index (χ1n) is 36.7. The molecule has 38 nitrogen and oxygen atoms in total. The number of aryl methyl sites for hydroxylation is 9. The number of carbonyl (C=O) groups excluding carboxylic acids is 4. The predicted molar refractivity (Wildman–Crippen MR) is 455 cm³/mol. The number of sulfone groups is 1. The van der Waals surface area contributed by atoms with E-state index in [1.165, 1.54) is 53.6 Å². The van der Waals surface area contributed by atoms with Gasteiger partial charge in [0.15, 0.2) is 5.16 Å². The van der Waals surface area contributed by atoms with Crippen LogP contribution in [0.1, 0.15) is 85.4 Å². The number of halogens is 4. The highest BCUT2D eigenvalue weighted by molar-refractivity contribution is 7.98. The lowest BCUT2D eigenvalue weighted by molar-refractivity contribution is -0.159. The maximum Gasteiger partial charge on any atom is 0.329 e. The topological polar surface area (TPSA) is 469 Å². The Kier molecular flexibility index (Phi) is 33.0. The number of hydrogen-bond acceptors (Lipinski definition) is 29. The largest absolute Gasteiger partial charge is 0.497 e. The number of carboxylic acids is 1. The molecule has 13 heterocycles. The number of nitrogens with two attached hydrogens (primary N) is 1. The number of fused-ring (bicyclic) bond motifs is 2. The van der Waals surface area contributed by atoms with Gasteiger partial charge in [0.05, 0.1) is 55.9 Å². The van der Waals surface area contributed by atoms with Gasteiger partial charge in [-0.1, -0.05) is 46.6 Å². The van der Waals surface area contributed by atoms with Crippen LogP contribution < -0.4 is 31.7 Å². The van der Waals surface area contributed by atoms with Crippen molar-refractivity contribution in [3.63, 3.8) is 0 Å². The Bertz CT molecular complexity index is 5740. The van der Waals surface area contributed by atoms with Crippen molar-refractivity contribution in [2.75, 3.05) is 60.6 Å². The molecule has 0 bridgehead atoms. The van der Waals surface area contributed by atoms with Gasteiger partial charge in [0.2, 0.25) is 39.2 Å². The van der Waals surface area contributed by atoms with Crippen molar-refractivity contribution in [1.82, 2.24) is 108 Å². The monoisotopic (exact) mass is 1760 g/mol. The van der Waals surface area contributed by atoms with Gasteiger partial charge < -0.3 is 56.5 Å². The highest BCUT2D eigenvalue weighted by atomic mass is 35.5. The number of carboxylic acid groups (broad SMARTS) is 1. The van der Waals surface area contributed by atoms with Gasteiger partial charge in [-0.15, -0.1) is 0 Å². The normalized spacial score (nSPS) is 12.8. The van der Waals surface area contributed by atoms with Crippen LogP contribution in [0.2, 0.25) is 15.5 Å². The van der Waals surface area contributed by atoms with Gasteiger partial charge in [-0.3, -0.25) is 32.7 Å². The fraction of sp³-hybridized carbons (Fsp3) is 0.338. The molecule has 14 rings (SSSR count). The zero-order valence-electron chi connectivity index (χ0n) is 69.2. The van der Waals surface area contributed by atoms with Crippen molar-refractivity contribution >= 4 is 128 Å². The average molecular weight is 1760 g/mol. The Morgan fingerprint density at radius 3 is 1.41 bits per heavy atom. The van der Waals surface area contributed by atoms with Crippen molar-refractivity contribution in [2.24, 2.45) is 33.9 Å². The maximum atomic E-state index is 13.2. The van der Waals surface area contributed by atoms with Crippen LogP contribution in [0, 0.1) is 40.4 Å². The molecule has 0 unspecified atom stereocenters. The molecule has 2 aliphatic heterocycles. The number of nitrogens with zero attached hydrogens (tertiary/aromatic N) is 22. The van der Waals surface area contributed by atoms with Gasteiger partial charge in [-0.2, -0.15) is 20.4 Å². The Morgan fingerprint density at radius 2 is 1.03 bits per heavy atom. The molecule has 44 heteroatoms. The molecular formula is C77H93Cl3FN27O11S2. The van der Waals surface area contributed by atoms with Crippen molar-refractivity contribution in [2.45, 2.75) is 116 Å². The van der Waals surface area contributed by atoms with Crippen molar-refractivity contribution in [3.05, 3.63) is 189 Å². The molecule has 3 atom stereocenters. The SMILES string of the molecule is COc1cc(F)cc([C@H](N)CO)c1.CSc1ncc(C)c(Cl)n1.Cc1cnc(Nc2ccnn2C)nc1-c1cc2n(c1)C(=O)N([C@H](C)C(=O)O)CC2.Cc1cnc(Nc2ccnn2C)nc1-c1cc2n(c1)C(=O)N([C@H](C)C(=O)OC(C)(C)C)CC2.Cc1cnc(Nc2ccnn2C)nc1Cl.Cc1cnc(S(C)(=O)=O)nc1Cl.Cn1nccc1NC=O. The van der Waals surface area contributed by atoms with Gasteiger partial charge in [0, 0.05) is 173 Å². The number of anilines is 7. The van der Waals surface area contributed by atoms with Gasteiger partial charge in [-0.05, 0) is 116 Å². The number of esters is 1.